The fourth-order valence-corrected chi connectivity index (χ4v) is 2.01. The van der Waals surface area contributed by atoms with Crippen LogP contribution in [0.3, 0.4) is 0 Å². The van der Waals surface area contributed by atoms with Crippen LogP contribution in [-0.4, -0.2) is 19.0 Å². The summed E-state index contributed by atoms with van der Waals surface area (Å²) in [5.74, 6) is -0.475. The van der Waals surface area contributed by atoms with Gasteiger partial charge in [-0.2, -0.15) is 5.26 Å². The Morgan fingerprint density at radius 3 is 2.21 bits per heavy atom. The average molecular weight is 267 g/mol. The van der Waals surface area contributed by atoms with Crippen LogP contribution < -0.4 is 0 Å². The normalized spacial score (nSPS) is 12.1. The number of carbonyl (C=O) groups excluding carboxylic acids is 1. The number of nitriles is 1. The summed E-state index contributed by atoms with van der Waals surface area (Å²) in [6.45, 7) is 5.19. The van der Waals surface area contributed by atoms with E-state index in [1.54, 1.807) is 0 Å². The third kappa shape index (κ3) is 11.9. The van der Waals surface area contributed by atoms with Crippen LogP contribution in [0.5, 0.6) is 0 Å². The molecule has 0 heterocycles. The van der Waals surface area contributed by atoms with Crippen molar-refractivity contribution in [2.75, 3.05) is 13.2 Å². The minimum Gasteiger partial charge on any atom is -0.381 e. The summed E-state index contributed by atoms with van der Waals surface area (Å²) < 4.78 is 5.52. The Labute approximate surface area is 118 Å². The molecule has 110 valence electrons. The highest BCUT2D eigenvalue weighted by atomic mass is 16.5. The molecule has 0 aromatic heterocycles. The minimum absolute atomic E-state index is 0.0328. The fraction of sp³-hybridized carbons (Fsp3) is 0.875. The molecule has 0 spiro atoms. The predicted octanol–water partition coefficient (Wildman–Crippen LogP) is 4.26. The Kier molecular flexibility index (Phi) is 12.9. The van der Waals surface area contributed by atoms with Gasteiger partial charge in [0.1, 0.15) is 11.7 Å². The molecule has 0 saturated heterocycles. The highest BCUT2D eigenvalue weighted by molar-refractivity contribution is 5.80. The maximum atomic E-state index is 11.0. The number of ketones is 1. The summed E-state index contributed by atoms with van der Waals surface area (Å²) in [4.78, 5) is 11.0. The van der Waals surface area contributed by atoms with E-state index in [0.29, 0.717) is 13.0 Å². The van der Waals surface area contributed by atoms with E-state index in [9.17, 15) is 4.79 Å². The summed E-state index contributed by atoms with van der Waals surface area (Å²) in [5.41, 5.74) is 0. The van der Waals surface area contributed by atoms with Crippen LogP contribution in [0, 0.1) is 17.2 Å². The van der Waals surface area contributed by atoms with Crippen molar-refractivity contribution in [3.8, 4) is 6.07 Å². The molecule has 0 aromatic rings. The number of nitrogens with zero attached hydrogens (tertiary/aromatic N) is 1. The molecule has 0 rings (SSSR count). The molecule has 0 aliphatic heterocycles. The lowest BCUT2D eigenvalue weighted by molar-refractivity contribution is -0.119. The van der Waals surface area contributed by atoms with Crippen LogP contribution in [0.1, 0.15) is 71.6 Å². The van der Waals surface area contributed by atoms with Gasteiger partial charge >= 0.3 is 0 Å². The van der Waals surface area contributed by atoms with Gasteiger partial charge < -0.3 is 4.74 Å². The van der Waals surface area contributed by atoms with E-state index in [0.717, 1.165) is 19.4 Å². The molecule has 1 atom stereocenters. The van der Waals surface area contributed by atoms with Gasteiger partial charge in [0.2, 0.25) is 0 Å². The standard InChI is InChI=1S/C16H29NO2/c1-3-4-5-6-7-8-9-12-19-13-10-11-16(14-17)15(2)18/h16H,3-13H2,1-2H3. The predicted molar refractivity (Wildman–Crippen MR) is 77.8 cm³/mol. The first-order valence-corrected chi connectivity index (χ1v) is 7.70. The van der Waals surface area contributed by atoms with Crippen LogP contribution in [0.2, 0.25) is 0 Å². The van der Waals surface area contributed by atoms with Crippen molar-refractivity contribution in [1.82, 2.24) is 0 Å². The summed E-state index contributed by atoms with van der Waals surface area (Å²) in [6.07, 6.45) is 10.5. The molecule has 19 heavy (non-hydrogen) atoms. The van der Waals surface area contributed by atoms with Crippen molar-refractivity contribution in [3.63, 3.8) is 0 Å². The maximum Gasteiger partial charge on any atom is 0.146 e. The largest absolute Gasteiger partial charge is 0.381 e. The number of carbonyl (C=O) groups is 1. The molecule has 0 radical (unpaired) electrons. The third-order valence-electron chi connectivity index (χ3n) is 3.32. The zero-order chi connectivity index (χ0) is 14.3. The Balaban J connectivity index is 3.19. The van der Waals surface area contributed by atoms with Crippen LogP contribution in [0.15, 0.2) is 0 Å². The number of hydrogen-bond acceptors (Lipinski definition) is 3. The minimum atomic E-state index is -0.442. The summed E-state index contributed by atoms with van der Waals surface area (Å²) in [6, 6.07) is 2.03. The molecule has 0 amide bonds. The van der Waals surface area contributed by atoms with E-state index in [1.807, 2.05) is 6.07 Å². The van der Waals surface area contributed by atoms with E-state index >= 15 is 0 Å². The number of ether oxygens (including phenoxy) is 1. The fourth-order valence-electron chi connectivity index (χ4n) is 2.01. The van der Waals surface area contributed by atoms with Gasteiger partial charge in [-0.3, -0.25) is 4.79 Å². The van der Waals surface area contributed by atoms with Crippen molar-refractivity contribution in [1.29, 1.82) is 5.26 Å². The van der Waals surface area contributed by atoms with E-state index in [2.05, 4.69) is 6.92 Å². The first kappa shape index (κ1) is 18.1. The second-order valence-electron chi connectivity index (χ2n) is 5.17. The summed E-state index contributed by atoms with van der Waals surface area (Å²) in [7, 11) is 0. The molecule has 3 heteroatoms. The van der Waals surface area contributed by atoms with Crippen LogP contribution in [-0.2, 0) is 9.53 Å². The summed E-state index contributed by atoms with van der Waals surface area (Å²) in [5, 5.41) is 8.75. The van der Waals surface area contributed by atoms with E-state index < -0.39 is 5.92 Å². The SMILES string of the molecule is CCCCCCCCCOCCCC(C#N)C(C)=O. The van der Waals surface area contributed by atoms with Gasteiger partial charge in [0, 0.05) is 13.2 Å². The second kappa shape index (κ2) is 13.5. The molecule has 0 bridgehead atoms. The lowest BCUT2D eigenvalue weighted by Crippen LogP contribution is -2.09. The first-order valence-electron chi connectivity index (χ1n) is 7.70. The third-order valence-corrected chi connectivity index (χ3v) is 3.32. The van der Waals surface area contributed by atoms with Crippen LogP contribution >= 0.6 is 0 Å². The smallest absolute Gasteiger partial charge is 0.146 e. The topological polar surface area (TPSA) is 50.1 Å². The van der Waals surface area contributed by atoms with E-state index in [-0.39, 0.29) is 5.78 Å². The van der Waals surface area contributed by atoms with Crippen LogP contribution in [0.25, 0.3) is 0 Å². The average Bonchev–Trinajstić information content (AvgIpc) is 2.40. The zero-order valence-electron chi connectivity index (χ0n) is 12.6. The molecule has 0 aliphatic rings. The zero-order valence-corrected chi connectivity index (χ0v) is 12.6. The molecular formula is C16H29NO2. The van der Waals surface area contributed by atoms with Gasteiger partial charge in [0.05, 0.1) is 6.07 Å². The van der Waals surface area contributed by atoms with Crippen molar-refractivity contribution < 1.29 is 9.53 Å². The Hall–Kier alpha value is -0.880. The van der Waals surface area contributed by atoms with Crippen molar-refractivity contribution in [2.24, 2.45) is 5.92 Å². The highest BCUT2D eigenvalue weighted by Crippen LogP contribution is 2.08. The maximum absolute atomic E-state index is 11.0. The molecule has 0 saturated carbocycles. The van der Waals surface area contributed by atoms with E-state index in [1.165, 1.54) is 45.4 Å². The van der Waals surface area contributed by atoms with Crippen molar-refractivity contribution in [3.05, 3.63) is 0 Å². The van der Waals surface area contributed by atoms with Gasteiger partial charge in [-0.05, 0) is 26.2 Å². The molecule has 0 aliphatic carbocycles. The molecular weight excluding hydrogens is 238 g/mol. The molecule has 0 N–H and O–H groups in total. The van der Waals surface area contributed by atoms with Gasteiger partial charge in [-0.25, -0.2) is 0 Å². The number of unbranched alkanes of at least 4 members (excludes halogenated alkanes) is 6. The first-order chi connectivity index (χ1) is 9.22. The quantitative estimate of drug-likeness (QED) is 0.468. The molecule has 3 nitrogen and oxygen atoms in total. The highest BCUT2D eigenvalue weighted by Gasteiger charge is 2.11. The molecule has 0 fully saturated rings. The van der Waals surface area contributed by atoms with Gasteiger partial charge in [0.15, 0.2) is 0 Å². The lowest BCUT2D eigenvalue weighted by atomic mass is 10.0. The number of hydrogen-bond donors (Lipinski definition) is 0. The van der Waals surface area contributed by atoms with Gasteiger partial charge in [0.25, 0.3) is 0 Å². The monoisotopic (exact) mass is 267 g/mol. The number of Topliss-reactive ketones (excluding diaryl/α,β-unsaturated/α-hetero) is 1. The molecule has 0 aromatic carbocycles. The van der Waals surface area contributed by atoms with E-state index in [4.69, 9.17) is 10.00 Å². The van der Waals surface area contributed by atoms with Crippen molar-refractivity contribution in [2.45, 2.75) is 71.6 Å². The molecule has 1 unspecified atom stereocenters. The van der Waals surface area contributed by atoms with Crippen LogP contribution in [0.4, 0.5) is 0 Å². The Morgan fingerprint density at radius 1 is 1.05 bits per heavy atom. The van der Waals surface area contributed by atoms with Gasteiger partial charge in [-0.15, -0.1) is 0 Å². The lowest BCUT2D eigenvalue weighted by Gasteiger charge is -2.06. The Morgan fingerprint density at radius 2 is 1.63 bits per heavy atom. The van der Waals surface area contributed by atoms with Crippen molar-refractivity contribution >= 4 is 5.78 Å². The number of rotatable bonds is 13. The Bertz CT molecular complexity index is 258. The second-order valence-corrected chi connectivity index (χ2v) is 5.17. The van der Waals surface area contributed by atoms with Gasteiger partial charge in [-0.1, -0.05) is 45.4 Å². The summed E-state index contributed by atoms with van der Waals surface area (Å²) >= 11 is 0.